The first-order valence-corrected chi connectivity index (χ1v) is 5.85. The molecule has 2 N–H and O–H groups in total. The summed E-state index contributed by atoms with van der Waals surface area (Å²) in [6.45, 7) is 1.98. The van der Waals surface area contributed by atoms with Crippen molar-refractivity contribution in [3.63, 3.8) is 0 Å². The highest BCUT2D eigenvalue weighted by molar-refractivity contribution is 7.19. The summed E-state index contributed by atoms with van der Waals surface area (Å²) >= 11 is 1.29. The molecule has 0 saturated carbocycles. The van der Waals surface area contributed by atoms with Crippen LogP contribution in [0.5, 0.6) is 0 Å². The molecule has 0 bridgehead atoms. The van der Waals surface area contributed by atoms with Crippen molar-refractivity contribution >= 4 is 22.4 Å². The van der Waals surface area contributed by atoms with E-state index in [1.54, 1.807) is 0 Å². The lowest BCUT2D eigenvalue weighted by molar-refractivity contribution is 0.0596. The number of ether oxygens (including phenoxy) is 1. The fraction of sp³-hybridized carbons (Fsp3) is 0.167. The number of nitrogens with two attached hydrogens (primary N) is 1. The van der Waals surface area contributed by atoms with Crippen LogP contribution in [0.2, 0.25) is 0 Å². The molecule has 5 heteroatoms. The average Bonchev–Trinajstić information content (AvgIpc) is 2.71. The number of carbonyl (C=O) groups is 1. The van der Waals surface area contributed by atoms with Crippen molar-refractivity contribution in [1.29, 1.82) is 0 Å². The third kappa shape index (κ3) is 2.14. The van der Waals surface area contributed by atoms with E-state index in [-0.39, 0.29) is 5.69 Å². The van der Waals surface area contributed by atoms with Crippen LogP contribution < -0.4 is 5.73 Å². The zero-order valence-corrected chi connectivity index (χ0v) is 10.4. The maximum atomic E-state index is 11.6. The number of thiazole rings is 1. The Bertz CT molecular complexity index is 563. The van der Waals surface area contributed by atoms with Crippen LogP contribution in [-0.4, -0.2) is 18.1 Å². The van der Waals surface area contributed by atoms with E-state index in [9.17, 15) is 4.79 Å². The van der Waals surface area contributed by atoms with Gasteiger partial charge in [-0.2, -0.15) is 0 Å². The predicted octanol–water partition coefficient (Wildman–Crippen LogP) is 2.49. The molecule has 2 rings (SSSR count). The standard InChI is InChI=1S/C12H12N2O2S/c1-7-5-3-4-6-8(7)10-9(11(15)16-2)14-12(13)17-10/h3-6H,1-2H3,(H2,13,14). The zero-order chi connectivity index (χ0) is 12.4. The molecule has 0 saturated heterocycles. The van der Waals surface area contributed by atoms with Crippen LogP contribution in [0.15, 0.2) is 24.3 Å². The van der Waals surface area contributed by atoms with E-state index >= 15 is 0 Å². The lowest BCUT2D eigenvalue weighted by Crippen LogP contribution is -2.03. The van der Waals surface area contributed by atoms with E-state index in [4.69, 9.17) is 10.5 Å². The van der Waals surface area contributed by atoms with Crippen LogP contribution in [0.3, 0.4) is 0 Å². The van der Waals surface area contributed by atoms with E-state index in [1.165, 1.54) is 18.4 Å². The molecule has 0 spiro atoms. The van der Waals surface area contributed by atoms with Crippen molar-refractivity contribution in [2.75, 3.05) is 12.8 Å². The lowest BCUT2D eigenvalue weighted by atomic mass is 10.1. The summed E-state index contributed by atoms with van der Waals surface area (Å²) in [7, 11) is 1.33. The van der Waals surface area contributed by atoms with Gasteiger partial charge in [-0.15, -0.1) is 0 Å². The normalized spacial score (nSPS) is 10.2. The van der Waals surface area contributed by atoms with Gasteiger partial charge in [0.1, 0.15) is 0 Å². The quantitative estimate of drug-likeness (QED) is 0.829. The number of aromatic nitrogens is 1. The Morgan fingerprint density at radius 2 is 2.12 bits per heavy atom. The number of hydrogen-bond donors (Lipinski definition) is 1. The number of rotatable bonds is 2. The molecule has 0 radical (unpaired) electrons. The minimum Gasteiger partial charge on any atom is -0.464 e. The number of nitrogens with zero attached hydrogens (tertiary/aromatic N) is 1. The highest BCUT2D eigenvalue weighted by atomic mass is 32.1. The molecule has 1 aromatic carbocycles. The number of benzene rings is 1. The SMILES string of the molecule is COC(=O)c1nc(N)sc1-c1ccccc1C. The van der Waals surface area contributed by atoms with Crippen LogP contribution in [0.4, 0.5) is 5.13 Å². The highest BCUT2D eigenvalue weighted by Crippen LogP contribution is 2.33. The molecule has 1 heterocycles. The summed E-state index contributed by atoms with van der Waals surface area (Å²) in [6.07, 6.45) is 0. The van der Waals surface area contributed by atoms with Gasteiger partial charge in [0.15, 0.2) is 10.8 Å². The fourth-order valence-electron chi connectivity index (χ4n) is 1.58. The Labute approximate surface area is 103 Å². The molecule has 0 fully saturated rings. The number of anilines is 1. The van der Waals surface area contributed by atoms with Crippen LogP contribution in [0, 0.1) is 6.92 Å². The molecule has 0 aliphatic rings. The Balaban J connectivity index is 2.60. The topological polar surface area (TPSA) is 65.2 Å². The molecular formula is C12H12N2O2S. The third-order valence-corrected chi connectivity index (χ3v) is 3.33. The number of hydrogen-bond acceptors (Lipinski definition) is 5. The van der Waals surface area contributed by atoms with Crippen LogP contribution in [0.25, 0.3) is 10.4 Å². The third-order valence-electron chi connectivity index (χ3n) is 2.41. The molecule has 0 unspecified atom stereocenters. The molecular weight excluding hydrogens is 236 g/mol. The van der Waals surface area contributed by atoms with Crippen molar-refractivity contribution in [3.05, 3.63) is 35.5 Å². The molecule has 0 atom stereocenters. The van der Waals surface area contributed by atoms with Crippen molar-refractivity contribution in [2.45, 2.75) is 6.92 Å². The number of nitrogen functional groups attached to an aromatic ring is 1. The van der Waals surface area contributed by atoms with Crippen molar-refractivity contribution < 1.29 is 9.53 Å². The van der Waals surface area contributed by atoms with Gasteiger partial charge in [-0.3, -0.25) is 0 Å². The number of carbonyl (C=O) groups excluding carboxylic acids is 1. The first kappa shape index (κ1) is 11.6. The Kier molecular flexibility index (Phi) is 3.10. The van der Waals surface area contributed by atoms with Gasteiger partial charge in [0, 0.05) is 0 Å². The Morgan fingerprint density at radius 1 is 1.41 bits per heavy atom. The van der Waals surface area contributed by atoms with Crippen LogP contribution in [0.1, 0.15) is 16.1 Å². The maximum Gasteiger partial charge on any atom is 0.358 e. The molecule has 88 valence electrons. The summed E-state index contributed by atoms with van der Waals surface area (Å²) in [5.41, 5.74) is 7.97. The zero-order valence-electron chi connectivity index (χ0n) is 9.56. The van der Waals surface area contributed by atoms with Crippen molar-refractivity contribution in [3.8, 4) is 10.4 Å². The summed E-state index contributed by atoms with van der Waals surface area (Å²) in [6, 6.07) is 7.78. The molecule has 0 aliphatic heterocycles. The van der Waals surface area contributed by atoms with Gasteiger partial charge in [0.05, 0.1) is 12.0 Å². The van der Waals surface area contributed by atoms with Crippen LogP contribution in [-0.2, 0) is 4.74 Å². The van der Waals surface area contributed by atoms with E-state index in [0.29, 0.717) is 5.13 Å². The molecule has 2 aromatic rings. The van der Waals surface area contributed by atoms with Gasteiger partial charge in [-0.05, 0) is 18.1 Å². The summed E-state index contributed by atoms with van der Waals surface area (Å²) < 4.78 is 4.70. The second-order valence-corrected chi connectivity index (χ2v) is 4.57. The van der Waals surface area contributed by atoms with Crippen molar-refractivity contribution in [1.82, 2.24) is 4.98 Å². The molecule has 1 aromatic heterocycles. The minimum atomic E-state index is -0.462. The molecule has 0 amide bonds. The second kappa shape index (κ2) is 4.55. The highest BCUT2D eigenvalue weighted by Gasteiger charge is 2.19. The van der Waals surface area contributed by atoms with Gasteiger partial charge in [0.25, 0.3) is 0 Å². The largest absolute Gasteiger partial charge is 0.464 e. The van der Waals surface area contributed by atoms with Crippen molar-refractivity contribution in [2.24, 2.45) is 0 Å². The summed E-state index contributed by atoms with van der Waals surface area (Å²) in [5, 5.41) is 0.364. The minimum absolute atomic E-state index is 0.282. The van der Waals surface area contributed by atoms with Crippen LogP contribution >= 0.6 is 11.3 Å². The van der Waals surface area contributed by atoms with Gasteiger partial charge in [0.2, 0.25) is 0 Å². The fourth-order valence-corrected chi connectivity index (χ4v) is 2.49. The molecule has 4 nitrogen and oxygen atoms in total. The van der Waals surface area contributed by atoms with Gasteiger partial charge in [-0.1, -0.05) is 35.6 Å². The van der Waals surface area contributed by atoms with E-state index in [1.807, 2.05) is 31.2 Å². The first-order valence-electron chi connectivity index (χ1n) is 5.04. The molecule has 0 aliphatic carbocycles. The lowest BCUT2D eigenvalue weighted by Gasteiger charge is -2.04. The van der Waals surface area contributed by atoms with Gasteiger partial charge >= 0.3 is 5.97 Å². The predicted molar refractivity (Wildman–Crippen MR) is 68.0 cm³/mol. The Hall–Kier alpha value is -1.88. The average molecular weight is 248 g/mol. The van der Waals surface area contributed by atoms with E-state index < -0.39 is 5.97 Å². The summed E-state index contributed by atoms with van der Waals surface area (Å²) in [5.74, 6) is -0.462. The Morgan fingerprint density at radius 3 is 2.76 bits per heavy atom. The second-order valence-electron chi connectivity index (χ2n) is 3.54. The number of aryl methyl sites for hydroxylation is 1. The van der Waals surface area contributed by atoms with E-state index in [0.717, 1.165) is 16.0 Å². The number of esters is 1. The smallest absolute Gasteiger partial charge is 0.358 e. The number of methoxy groups -OCH3 is 1. The van der Waals surface area contributed by atoms with E-state index in [2.05, 4.69) is 4.98 Å². The monoisotopic (exact) mass is 248 g/mol. The summed E-state index contributed by atoms with van der Waals surface area (Å²) in [4.78, 5) is 16.4. The van der Waals surface area contributed by atoms with Gasteiger partial charge in [-0.25, -0.2) is 9.78 Å². The molecule has 17 heavy (non-hydrogen) atoms. The maximum absolute atomic E-state index is 11.6. The van der Waals surface area contributed by atoms with Gasteiger partial charge < -0.3 is 10.5 Å². The first-order chi connectivity index (χ1) is 8.13.